The number of benzene rings is 1. The van der Waals surface area contributed by atoms with Crippen LogP contribution in [0.3, 0.4) is 0 Å². The Hall–Kier alpha value is -1.56. The van der Waals surface area contributed by atoms with Crippen molar-refractivity contribution in [2.75, 3.05) is 12.4 Å². The molecule has 0 aliphatic carbocycles. The Balaban J connectivity index is 2.05. The van der Waals surface area contributed by atoms with Crippen LogP contribution in [0.5, 0.6) is 5.75 Å². The van der Waals surface area contributed by atoms with Crippen molar-refractivity contribution in [3.05, 3.63) is 34.5 Å². The number of nitrogens with one attached hydrogen (secondary N) is 1. The number of halogens is 1. The van der Waals surface area contributed by atoms with Crippen molar-refractivity contribution < 1.29 is 9.15 Å². The highest BCUT2D eigenvalue weighted by Crippen LogP contribution is 2.24. The van der Waals surface area contributed by atoms with Gasteiger partial charge in [-0.25, -0.2) is 0 Å². The first-order chi connectivity index (χ1) is 8.17. The summed E-state index contributed by atoms with van der Waals surface area (Å²) in [7, 11) is 1.63. The Kier molecular flexibility index (Phi) is 3.63. The minimum absolute atomic E-state index is 0.487. The van der Waals surface area contributed by atoms with Gasteiger partial charge in [-0.05, 0) is 12.1 Å². The molecule has 0 aliphatic heterocycles. The molecule has 1 aromatic heterocycles. The number of rotatable bonds is 4. The van der Waals surface area contributed by atoms with Crippen LogP contribution in [0.25, 0.3) is 0 Å². The molecule has 0 amide bonds. The zero-order valence-electron chi connectivity index (χ0n) is 9.53. The number of hydrogen-bond donors (Lipinski definition) is 1. The number of anilines is 1. The summed E-state index contributed by atoms with van der Waals surface area (Å²) in [5, 5.41) is 10.8. The molecule has 1 heterocycles. The van der Waals surface area contributed by atoms with Gasteiger partial charge in [-0.1, -0.05) is 15.9 Å². The second-order valence-electron chi connectivity index (χ2n) is 3.45. The molecule has 0 unspecified atom stereocenters. The van der Waals surface area contributed by atoms with Crippen molar-refractivity contribution in [1.29, 1.82) is 0 Å². The molecular formula is C11H12BrN3O2. The lowest BCUT2D eigenvalue weighted by atomic mass is 10.3. The normalized spacial score (nSPS) is 10.3. The van der Waals surface area contributed by atoms with Crippen molar-refractivity contribution in [1.82, 2.24) is 10.2 Å². The Bertz CT molecular complexity index is 513. The lowest BCUT2D eigenvalue weighted by Gasteiger charge is -2.07. The fourth-order valence-corrected chi connectivity index (χ4v) is 1.84. The van der Waals surface area contributed by atoms with Crippen molar-refractivity contribution in [3.63, 3.8) is 0 Å². The minimum atomic E-state index is 0.487. The molecule has 0 fully saturated rings. The molecule has 1 N–H and O–H groups in total. The van der Waals surface area contributed by atoms with E-state index in [1.54, 1.807) is 14.0 Å². The van der Waals surface area contributed by atoms with Crippen LogP contribution in [0.1, 0.15) is 11.8 Å². The van der Waals surface area contributed by atoms with E-state index in [0.29, 0.717) is 18.3 Å². The van der Waals surface area contributed by atoms with Gasteiger partial charge in [0.15, 0.2) is 0 Å². The van der Waals surface area contributed by atoms with Crippen molar-refractivity contribution >= 4 is 21.6 Å². The Labute approximate surface area is 107 Å². The molecule has 0 saturated carbocycles. The van der Waals surface area contributed by atoms with Crippen molar-refractivity contribution in [2.24, 2.45) is 0 Å². The molecule has 2 rings (SSSR count). The molecular weight excluding hydrogens is 286 g/mol. The number of aromatic nitrogens is 2. The van der Waals surface area contributed by atoms with Crippen LogP contribution in [0.4, 0.5) is 5.69 Å². The van der Waals surface area contributed by atoms with Crippen molar-refractivity contribution in [2.45, 2.75) is 13.5 Å². The summed E-state index contributed by atoms with van der Waals surface area (Å²) in [5.74, 6) is 1.90. The second-order valence-corrected chi connectivity index (χ2v) is 4.36. The highest BCUT2D eigenvalue weighted by atomic mass is 79.9. The first-order valence-electron chi connectivity index (χ1n) is 5.05. The third-order valence-corrected chi connectivity index (χ3v) is 2.58. The molecule has 0 aliphatic rings. The lowest BCUT2D eigenvalue weighted by Crippen LogP contribution is -2.00. The van der Waals surface area contributed by atoms with Crippen LogP contribution in [0.2, 0.25) is 0 Å². The molecule has 2 aromatic rings. The fourth-order valence-electron chi connectivity index (χ4n) is 1.37. The number of methoxy groups -OCH3 is 1. The number of nitrogens with zero attached hydrogens (tertiary/aromatic N) is 2. The van der Waals surface area contributed by atoms with E-state index < -0.39 is 0 Å². The largest absolute Gasteiger partial charge is 0.497 e. The van der Waals surface area contributed by atoms with E-state index in [2.05, 4.69) is 31.4 Å². The van der Waals surface area contributed by atoms with E-state index in [1.807, 2.05) is 18.2 Å². The van der Waals surface area contributed by atoms with Crippen molar-refractivity contribution in [3.8, 4) is 5.75 Å². The third kappa shape index (κ3) is 3.20. The fraction of sp³-hybridized carbons (Fsp3) is 0.273. The average molecular weight is 298 g/mol. The van der Waals surface area contributed by atoms with E-state index in [4.69, 9.17) is 9.15 Å². The Morgan fingerprint density at radius 3 is 2.82 bits per heavy atom. The molecule has 90 valence electrons. The predicted octanol–water partition coefficient (Wildman–Crippen LogP) is 2.76. The van der Waals surface area contributed by atoms with Crippen LogP contribution < -0.4 is 10.1 Å². The smallest absolute Gasteiger partial charge is 0.235 e. The average Bonchev–Trinajstić information content (AvgIpc) is 2.72. The van der Waals surface area contributed by atoms with E-state index >= 15 is 0 Å². The number of hydrogen-bond acceptors (Lipinski definition) is 5. The van der Waals surface area contributed by atoms with Gasteiger partial charge in [0.25, 0.3) is 0 Å². The monoisotopic (exact) mass is 297 g/mol. The number of aryl methyl sites for hydroxylation is 1. The molecule has 0 bridgehead atoms. The summed E-state index contributed by atoms with van der Waals surface area (Å²) in [4.78, 5) is 0. The van der Waals surface area contributed by atoms with E-state index in [0.717, 1.165) is 15.9 Å². The topological polar surface area (TPSA) is 60.2 Å². The Morgan fingerprint density at radius 2 is 2.18 bits per heavy atom. The molecule has 0 saturated heterocycles. The molecule has 0 atom stereocenters. The van der Waals surface area contributed by atoms with Gasteiger partial charge in [0.05, 0.1) is 13.7 Å². The van der Waals surface area contributed by atoms with Gasteiger partial charge in [0, 0.05) is 23.2 Å². The zero-order valence-corrected chi connectivity index (χ0v) is 11.1. The maximum atomic E-state index is 5.26. The lowest BCUT2D eigenvalue weighted by molar-refractivity contribution is 0.414. The molecule has 5 nitrogen and oxygen atoms in total. The van der Waals surface area contributed by atoms with E-state index in [-0.39, 0.29) is 0 Å². The molecule has 1 aromatic carbocycles. The number of ether oxygens (including phenoxy) is 1. The first-order valence-corrected chi connectivity index (χ1v) is 5.84. The van der Waals surface area contributed by atoms with Crippen LogP contribution in [0, 0.1) is 6.92 Å². The van der Waals surface area contributed by atoms with E-state index in [9.17, 15) is 0 Å². The third-order valence-electron chi connectivity index (χ3n) is 2.12. The van der Waals surface area contributed by atoms with Gasteiger partial charge in [-0.2, -0.15) is 0 Å². The minimum Gasteiger partial charge on any atom is -0.497 e. The summed E-state index contributed by atoms with van der Waals surface area (Å²) in [6, 6.07) is 5.74. The molecule has 0 radical (unpaired) electrons. The van der Waals surface area contributed by atoms with E-state index in [1.165, 1.54) is 0 Å². The SMILES string of the molecule is COc1cc(Br)cc(NCc2nnc(C)o2)c1. The van der Waals surface area contributed by atoms with Gasteiger partial charge in [-0.3, -0.25) is 0 Å². The highest BCUT2D eigenvalue weighted by molar-refractivity contribution is 9.10. The summed E-state index contributed by atoms with van der Waals surface area (Å²) in [5.41, 5.74) is 0.923. The quantitative estimate of drug-likeness (QED) is 0.940. The first kappa shape index (κ1) is 11.9. The predicted molar refractivity (Wildman–Crippen MR) is 67.1 cm³/mol. The van der Waals surface area contributed by atoms with Gasteiger partial charge < -0.3 is 14.5 Å². The summed E-state index contributed by atoms with van der Waals surface area (Å²) in [6.07, 6.45) is 0. The van der Waals surface area contributed by atoms with Crippen LogP contribution in [0.15, 0.2) is 27.1 Å². The zero-order chi connectivity index (χ0) is 12.3. The van der Waals surface area contributed by atoms with Crippen LogP contribution in [-0.4, -0.2) is 17.3 Å². The molecule has 17 heavy (non-hydrogen) atoms. The summed E-state index contributed by atoms with van der Waals surface area (Å²) < 4.78 is 11.4. The second kappa shape index (κ2) is 5.18. The highest BCUT2D eigenvalue weighted by Gasteiger charge is 2.03. The maximum absolute atomic E-state index is 5.26. The van der Waals surface area contributed by atoms with Crippen LogP contribution in [-0.2, 0) is 6.54 Å². The summed E-state index contributed by atoms with van der Waals surface area (Å²) >= 11 is 3.41. The van der Waals surface area contributed by atoms with Gasteiger partial charge in [-0.15, -0.1) is 10.2 Å². The standard InChI is InChI=1S/C11H12BrN3O2/c1-7-14-15-11(17-7)6-13-9-3-8(12)4-10(5-9)16-2/h3-5,13H,6H2,1-2H3. The van der Waals surface area contributed by atoms with Gasteiger partial charge in [0.2, 0.25) is 11.8 Å². The van der Waals surface area contributed by atoms with Gasteiger partial charge in [0.1, 0.15) is 5.75 Å². The summed E-state index contributed by atoms with van der Waals surface area (Å²) in [6.45, 7) is 2.25. The Morgan fingerprint density at radius 1 is 1.35 bits per heavy atom. The molecule has 6 heteroatoms. The maximum Gasteiger partial charge on any atom is 0.235 e. The van der Waals surface area contributed by atoms with Gasteiger partial charge >= 0.3 is 0 Å². The van der Waals surface area contributed by atoms with Crippen LogP contribution >= 0.6 is 15.9 Å². The molecule has 0 spiro atoms.